The molecule has 3 rings (SSSR count). The standard InChI is InChI=1S/C15H9ClFN5O/c16-12-3-1-2-4-14(12)22-15(23)21(19-20-22)9-11-6-5-10(8-18)7-13(11)17/h1-7H,9H2. The van der Waals surface area contributed by atoms with E-state index in [0.29, 0.717) is 10.7 Å². The Labute approximate surface area is 134 Å². The van der Waals surface area contributed by atoms with Gasteiger partial charge in [0.05, 0.1) is 28.9 Å². The summed E-state index contributed by atoms with van der Waals surface area (Å²) in [6.07, 6.45) is 0. The minimum Gasteiger partial charge on any atom is -0.244 e. The summed E-state index contributed by atoms with van der Waals surface area (Å²) in [5.41, 5.74) is 0.295. The molecule has 0 bridgehead atoms. The minimum atomic E-state index is -0.580. The lowest BCUT2D eigenvalue weighted by Crippen LogP contribution is -2.25. The van der Waals surface area contributed by atoms with E-state index < -0.39 is 11.5 Å². The van der Waals surface area contributed by atoms with E-state index >= 15 is 0 Å². The lowest BCUT2D eigenvalue weighted by atomic mass is 10.1. The molecule has 2 aromatic carbocycles. The molecule has 6 nitrogen and oxygen atoms in total. The predicted molar refractivity (Wildman–Crippen MR) is 80.8 cm³/mol. The summed E-state index contributed by atoms with van der Waals surface area (Å²) < 4.78 is 16.0. The Morgan fingerprint density at radius 2 is 2.00 bits per heavy atom. The fourth-order valence-corrected chi connectivity index (χ4v) is 2.27. The number of hydrogen-bond acceptors (Lipinski definition) is 4. The SMILES string of the molecule is N#Cc1ccc(Cn2nnn(-c3ccccc3Cl)c2=O)c(F)c1. The Hall–Kier alpha value is -2.98. The molecule has 0 spiro atoms. The van der Waals surface area contributed by atoms with Gasteiger partial charge in [-0.05, 0) is 34.7 Å². The molecule has 23 heavy (non-hydrogen) atoms. The van der Waals surface area contributed by atoms with Crippen LogP contribution in [-0.2, 0) is 6.54 Å². The fourth-order valence-electron chi connectivity index (χ4n) is 2.05. The lowest BCUT2D eigenvalue weighted by Gasteiger charge is -2.02. The highest BCUT2D eigenvalue weighted by Gasteiger charge is 2.13. The highest BCUT2D eigenvalue weighted by molar-refractivity contribution is 6.32. The van der Waals surface area contributed by atoms with E-state index in [1.54, 1.807) is 24.3 Å². The molecule has 0 atom stereocenters. The number of nitriles is 1. The summed E-state index contributed by atoms with van der Waals surface area (Å²) in [5, 5.41) is 16.6. The van der Waals surface area contributed by atoms with Crippen LogP contribution < -0.4 is 5.69 Å². The smallest absolute Gasteiger partial charge is 0.244 e. The third kappa shape index (κ3) is 2.84. The normalized spacial score (nSPS) is 10.5. The molecular weight excluding hydrogens is 321 g/mol. The van der Waals surface area contributed by atoms with E-state index in [9.17, 15) is 9.18 Å². The Kier molecular flexibility index (Phi) is 3.91. The van der Waals surface area contributed by atoms with E-state index in [1.807, 2.05) is 6.07 Å². The topological polar surface area (TPSA) is 76.5 Å². The average molecular weight is 330 g/mol. The average Bonchev–Trinajstić information content (AvgIpc) is 2.91. The number of hydrogen-bond donors (Lipinski definition) is 0. The number of rotatable bonds is 3. The molecular formula is C15H9ClFN5O. The van der Waals surface area contributed by atoms with Gasteiger partial charge in [-0.3, -0.25) is 0 Å². The van der Waals surface area contributed by atoms with Crippen LogP contribution in [0, 0.1) is 17.1 Å². The molecule has 1 aromatic heterocycles. The molecule has 0 fully saturated rings. The Balaban J connectivity index is 1.96. The van der Waals surface area contributed by atoms with Crippen LogP contribution in [-0.4, -0.2) is 19.8 Å². The summed E-state index contributed by atoms with van der Waals surface area (Å²) in [7, 11) is 0. The third-order valence-electron chi connectivity index (χ3n) is 3.22. The summed E-state index contributed by atoms with van der Waals surface area (Å²) >= 11 is 6.03. The van der Waals surface area contributed by atoms with Gasteiger partial charge in [0, 0.05) is 5.56 Å². The van der Waals surface area contributed by atoms with Crippen LogP contribution in [0.5, 0.6) is 0 Å². The summed E-state index contributed by atoms with van der Waals surface area (Å²) in [6, 6.07) is 12.6. The monoisotopic (exact) mass is 329 g/mol. The zero-order chi connectivity index (χ0) is 16.4. The highest BCUT2D eigenvalue weighted by Crippen LogP contribution is 2.17. The molecule has 0 N–H and O–H groups in total. The summed E-state index contributed by atoms with van der Waals surface area (Å²) in [5.74, 6) is -0.580. The van der Waals surface area contributed by atoms with Crippen LogP contribution in [0.4, 0.5) is 4.39 Å². The summed E-state index contributed by atoms with van der Waals surface area (Å²) in [6.45, 7) is -0.0964. The number of benzene rings is 2. The number of nitrogens with zero attached hydrogens (tertiary/aromatic N) is 5. The molecule has 0 radical (unpaired) electrons. The van der Waals surface area contributed by atoms with E-state index in [1.165, 1.54) is 12.1 Å². The van der Waals surface area contributed by atoms with Crippen molar-refractivity contribution >= 4 is 11.6 Å². The largest absolute Gasteiger partial charge is 0.368 e. The molecule has 8 heteroatoms. The second-order valence-corrected chi connectivity index (χ2v) is 5.11. The van der Waals surface area contributed by atoms with E-state index in [4.69, 9.17) is 16.9 Å². The van der Waals surface area contributed by atoms with Crippen molar-refractivity contribution in [1.29, 1.82) is 5.26 Å². The van der Waals surface area contributed by atoms with Crippen LogP contribution in [0.25, 0.3) is 5.69 Å². The minimum absolute atomic E-state index is 0.0964. The number of halogens is 2. The van der Waals surface area contributed by atoms with Crippen LogP contribution in [0.2, 0.25) is 5.02 Å². The molecule has 0 aliphatic carbocycles. The molecule has 0 unspecified atom stereocenters. The quantitative estimate of drug-likeness (QED) is 0.737. The van der Waals surface area contributed by atoms with Gasteiger partial charge in [0.1, 0.15) is 5.82 Å². The molecule has 1 heterocycles. The lowest BCUT2D eigenvalue weighted by molar-refractivity contribution is 0.570. The maximum absolute atomic E-state index is 13.9. The molecule has 114 valence electrons. The van der Waals surface area contributed by atoms with Crippen molar-refractivity contribution in [3.05, 3.63) is 74.9 Å². The van der Waals surface area contributed by atoms with E-state index in [-0.39, 0.29) is 17.7 Å². The highest BCUT2D eigenvalue weighted by atomic mass is 35.5. The molecule has 0 aliphatic rings. The van der Waals surface area contributed by atoms with Crippen molar-refractivity contribution < 1.29 is 4.39 Å². The Bertz CT molecular complexity index is 972. The van der Waals surface area contributed by atoms with Gasteiger partial charge in [-0.2, -0.15) is 14.6 Å². The van der Waals surface area contributed by atoms with Gasteiger partial charge >= 0.3 is 5.69 Å². The first kappa shape index (κ1) is 14.9. The molecule has 0 saturated carbocycles. The van der Waals surface area contributed by atoms with Crippen LogP contribution in [0.1, 0.15) is 11.1 Å². The Morgan fingerprint density at radius 1 is 1.22 bits per heavy atom. The first-order chi connectivity index (χ1) is 11.1. The Morgan fingerprint density at radius 3 is 2.70 bits per heavy atom. The van der Waals surface area contributed by atoms with Crippen molar-refractivity contribution in [1.82, 2.24) is 19.8 Å². The van der Waals surface area contributed by atoms with E-state index in [2.05, 4.69) is 10.4 Å². The fraction of sp³-hybridized carbons (Fsp3) is 0.0667. The van der Waals surface area contributed by atoms with Crippen LogP contribution >= 0.6 is 11.6 Å². The number of tetrazole rings is 1. The van der Waals surface area contributed by atoms with Gasteiger partial charge < -0.3 is 0 Å². The van der Waals surface area contributed by atoms with Gasteiger partial charge in [0.2, 0.25) is 0 Å². The maximum atomic E-state index is 13.9. The second kappa shape index (κ2) is 6.02. The van der Waals surface area contributed by atoms with Gasteiger partial charge in [-0.15, -0.1) is 0 Å². The van der Waals surface area contributed by atoms with E-state index in [0.717, 1.165) is 15.4 Å². The molecule has 0 aliphatic heterocycles. The zero-order valence-corrected chi connectivity index (χ0v) is 12.4. The van der Waals surface area contributed by atoms with Crippen LogP contribution in [0.3, 0.4) is 0 Å². The van der Waals surface area contributed by atoms with Gasteiger partial charge in [0.15, 0.2) is 0 Å². The number of aromatic nitrogens is 4. The first-order valence-corrected chi connectivity index (χ1v) is 6.94. The number of para-hydroxylation sites is 1. The predicted octanol–water partition coefficient (Wildman–Crippen LogP) is 2.14. The van der Waals surface area contributed by atoms with Crippen molar-refractivity contribution in [2.75, 3.05) is 0 Å². The van der Waals surface area contributed by atoms with Crippen molar-refractivity contribution in [2.24, 2.45) is 0 Å². The van der Waals surface area contributed by atoms with Gasteiger partial charge in [-0.25, -0.2) is 9.18 Å². The third-order valence-corrected chi connectivity index (χ3v) is 3.54. The van der Waals surface area contributed by atoms with Crippen LogP contribution in [0.15, 0.2) is 47.3 Å². The van der Waals surface area contributed by atoms with Crippen molar-refractivity contribution in [2.45, 2.75) is 6.54 Å². The zero-order valence-electron chi connectivity index (χ0n) is 11.6. The first-order valence-electron chi connectivity index (χ1n) is 6.56. The van der Waals surface area contributed by atoms with Gasteiger partial charge in [-0.1, -0.05) is 29.8 Å². The van der Waals surface area contributed by atoms with Crippen molar-refractivity contribution in [3.8, 4) is 11.8 Å². The summed E-state index contributed by atoms with van der Waals surface area (Å²) in [4.78, 5) is 12.3. The maximum Gasteiger partial charge on any atom is 0.368 e. The molecule has 0 amide bonds. The van der Waals surface area contributed by atoms with Crippen molar-refractivity contribution in [3.63, 3.8) is 0 Å². The molecule has 3 aromatic rings. The second-order valence-electron chi connectivity index (χ2n) is 4.70. The molecule has 0 saturated heterocycles. The van der Waals surface area contributed by atoms with Gasteiger partial charge in [0.25, 0.3) is 0 Å².